The molecule has 9 heteroatoms. The Kier molecular flexibility index (Phi) is 5.23. The first kappa shape index (κ1) is 19.3. The molecule has 0 atom stereocenters. The molecule has 0 aromatic heterocycles. The van der Waals surface area contributed by atoms with E-state index in [1.165, 1.54) is 19.2 Å². The number of hydrogen-bond acceptors (Lipinski definition) is 4. The SMILES string of the molecule is COc1cc(F)c(F)c(Nc2ccc(C)cc2F)c1NS(=O)(=O)C1CCC1. The van der Waals surface area contributed by atoms with Gasteiger partial charge in [0.15, 0.2) is 11.6 Å². The summed E-state index contributed by atoms with van der Waals surface area (Å²) in [4.78, 5) is 0. The van der Waals surface area contributed by atoms with E-state index in [4.69, 9.17) is 4.74 Å². The number of anilines is 3. The predicted octanol–water partition coefficient (Wildman–Crippen LogP) is 4.46. The zero-order valence-electron chi connectivity index (χ0n) is 14.8. The normalized spacial score (nSPS) is 14.6. The molecule has 0 bridgehead atoms. The van der Waals surface area contributed by atoms with Crippen LogP contribution in [0.1, 0.15) is 24.8 Å². The minimum absolute atomic E-state index is 0.128. The van der Waals surface area contributed by atoms with Crippen molar-refractivity contribution in [2.45, 2.75) is 31.4 Å². The van der Waals surface area contributed by atoms with E-state index in [0.29, 0.717) is 18.4 Å². The topological polar surface area (TPSA) is 67.4 Å². The van der Waals surface area contributed by atoms with E-state index in [2.05, 4.69) is 10.0 Å². The lowest BCUT2D eigenvalue weighted by Gasteiger charge is -2.27. The second kappa shape index (κ2) is 7.30. The van der Waals surface area contributed by atoms with E-state index in [1.54, 1.807) is 13.0 Å². The minimum atomic E-state index is -3.82. The van der Waals surface area contributed by atoms with E-state index in [0.717, 1.165) is 12.5 Å². The average molecular weight is 400 g/mol. The number of benzene rings is 2. The first-order chi connectivity index (χ1) is 12.7. The second-order valence-corrected chi connectivity index (χ2v) is 8.39. The molecule has 3 rings (SSSR count). The molecule has 0 radical (unpaired) electrons. The van der Waals surface area contributed by atoms with Gasteiger partial charge in [-0.15, -0.1) is 0 Å². The Labute approximate surface area is 155 Å². The Hall–Kier alpha value is -2.42. The third-order valence-corrected chi connectivity index (χ3v) is 6.36. The van der Waals surface area contributed by atoms with Crippen LogP contribution in [0.4, 0.5) is 30.2 Å². The molecule has 27 heavy (non-hydrogen) atoms. The molecule has 0 amide bonds. The highest BCUT2D eigenvalue weighted by molar-refractivity contribution is 7.93. The molecule has 1 fully saturated rings. The number of hydrogen-bond donors (Lipinski definition) is 2. The molecule has 1 aliphatic carbocycles. The van der Waals surface area contributed by atoms with Gasteiger partial charge in [0.1, 0.15) is 22.9 Å². The van der Waals surface area contributed by atoms with Gasteiger partial charge in [-0.2, -0.15) is 0 Å². The van der Waals surface area contributed by atoms with Crippen molar-refractivity contribution in [3.8, 4) is 5.75 Å². The van der Waals surface area contributed by atoms with Crippen LogP contribution in [0.2, 0.25) is 0 Å². The van der Waals surface area contributed by atoms with Crippen molar-refractivity contribution in [1.29, 1.82) is 0 Å². The molecule has 0 unspecified atom stereocenters. The number of rotatable bonds is 6. The van der Waals surface area contributed by atoms with Gasteiger partial charge in [-0.1, -0.05) is 12.5 Å². The summed E-state index contributed by atoms with van der Waals surface area (Å²) in [6.07, 6.45) is 1.74. The third kappa shape index (κ3) is 3.83. The fraction of sp³-hybridized carbons (Fsp3) is 0.333. The number of nitrogens with one attached hydrogen (secondary N) is 2. The molecule has 0 spiro atoms. The summed E-state index contributed by atoms with van der Waals surface area (Å²) in [6, 6.07) is 4.89. The van der Waals surface area contributed by atoms with E-state index < -0.39 is 38.4 Å². The molecule has 0 aliphatic heterocycles. The molecular weight excluding hydrogens is 381 g/mol. The van der Waals surface area contributed by atoms with Crippen molar-refractivity contribution in [3.63, 3.8) is 0 Å². The standard InChI is InChI=1S/C18H19F3N2O3S/c1-10-6-7-14(12(19)8-10)22-18-16(21)13(20)9-15(26-2)17(18)23-27(24,25)11-4-3-5-11/h6-9,11,22-23H,3-5H2,1-2H3. The lowest BCUT2D eigenvalue weighted by molar-refractivity contribution is 0.409. The maximum absolute atomic E-state index is 14.5. The lowest BCUT2D eigenvalue weighted by atomic mass is 10.0. The van der Waals surface area contributed by atoms with Gasteiger partial charge >= 0.3 is 0 Å². The van der Waals surface area contributed by atoms with Crippen molar-refractivity contribution < 1.29 is 26.3 Å². The number of methoxy groups -OCH3 is 1. The maximum Gasteiger partial charge on any atom is 0.235 e. The monoisotopic (exact) mass is 400 g/mol. The van der Waals surface area contributed by atoms with Crippen LogP contribution in [0, 0.1) is 24.4 Å². The fourth-order valence-electron chi connectivity index (χ4n) is 2.75. The van der Waals surface area contributed by atoms with Gasteiger partial charge in [0, 0.05) is 6.07 Å². The Morgan fingerprint density at radius 1 is 1.07 bits per heavy atom. The third-order valence-electron chi connectivity index (χ3n) is 4.52. The quantitative estimate of drug-likeness (QED) is 0.751. The van der Waals surface area contributed by atoms with Gasteiger partial charge in [0.05, 0.1) is 18.0 Å². The Bertz CT molecular complexity index is 976. The summed E-state index contributed by atoms with van der Waals surface area (Å²) in [5.41, 5.74) is -0.335. The van der Waals surface area contributed by atoms with Crippen molar-refractivity contribution in [3.05, 3.63) is 47.3 Å². The fourth-order valence-corrected chi connectivity index (χ4v) is 4.35. The summed E-state index contributed by atoms with van der Waals surface area (Å²) >= 11 is 0. The number of aryl methyl sites for hydroxylation is 1. The van der Waals surface area contributed by atoms with E-state index in [-0.39, 0.29) is 17.1 Å². The Morgan fingerprint density at radius 3 is 2.33 bits per heavy atom. The van der Waals surface area contributed by atoms with Crippen LogP contribution in [0.25, 0.3) is 0 Å². The number of ether oxygens (including phenoxy) is 1. The van der Waals surface area contributed by atoms with Crippen LogP contribution in [-0.2, 0) is 10.0 Å². The van der Waals surface area contributed by atoms with Crippen LogP contribution in [0.3, 0.4) is 0 Å². The Balaban J connectivity index is 2.09. The first-order valence-corrected chi connectivity index (χ1v) is 9.88. The molecular formula is C18H19F3N2O3S. The van der Waals surface area contributed by atoms with Crippen molar-refractivity contribution in [1.82, 2.24) is 0 Å². The average Bonchev–Trinajstić information content (AvgIpc) is 2.53. The molecule has 0 saturated heterocycles. The zero-order chi connectivity index (χ0) is 19.8. The van der Waals surface area contributed by atoms with Gasteiger partial charge in [-0.3, -0.25) is 4.72 Å². The van der Waals surface area contributed by atoms with E-state index in [9.17, 15) is 21.6 Å². The summed E-state index contributed by atoms with van der Waals surface area (Å²) in [5.74, 6) is -3.51. The molecule has 1 aliphatic rings. The number of halogens is 3. The molecule has 1 saturated carbocycles. The van der Waals surface area contributed by atoms with Crippen LogP contribution >= 0.6 is 0 Å². The molecule has 146 valence electrons. The maximum atomic E-state index is 14.5. The summed E-state index contributed by atoms with van der Waals surface area (Å²) < 4.78 is 74.9. The Morgan fingerprint density at radius 2 is 1.78 bits per heavy atom. The molecule has 2 aromatic carbocycles. The van der Waals surface area contributed by atoms with Crippen LogP contribution in [0.15, 0.2) is 24.3 Å². The summed E-state index contributed by atoms with van der Waals surface area (Å²) in [5, 5.41) is 1.84. The highest BCUT2D eigenvalue weighted by Crippen LogP contribution is 2.41. The second-order valence-electron chi connectivity index (χ2n) is 6.43. The minimum Gasteiger partial charge on any atom is -0.494 e. The van der Waals surface area contributed by atoms with Crippen LogP contribution < -0.4 is 14.8 Å². The molecule has 2 aromatic rings. The van der Waals surface area contributed by atoms with Gasteiger partial charge in [-0.25, -0.2) is 21.6 Å². The zero-order valence-corrected chi connectivity index (χ0v) is 15.6. The van der Waals surface area contributed by atoms with Crippen molar-refractivity contribution in [2.75, 3.05) is 17.1 Å². The van der Waals surface area contributed by atoms with Gasteiger partial charge in [-0.05, 0) is 37.5 Å². The molecule has 5 nitrogen and oxygen atoms in total. The highest BCUT2D eigenvalue weighted by atomic mass is 32.2. The summed E-state index contributed by atoms with van der Waals surface area (Å²) in [7, 11) is -2.62. The van der Waals surface area contributed by atoms with Crippen molar-refractivity contribution in [2.24, 2.45) is 0 Å². The number of sulfonamides is 1. The van der Waals surface area contributed by atoms with Gasteiger partial charge in [0.25, 0.3) is 0 Å². The van der Waals surface area contributed by atoms with Gasteiger partial charge < -0.3 is 10.1 Å². The first-order valence-electron chi connectivity index (χ1n) is 8.33. The van der Waals surface area contributed by atoms with Crippen LogP contribution in [-0.4, -0.2) is 20.8 Å². The summed E-state index contributed by atoms with van der Waals surface area (Å²) in [6.45, 7) is 1.68. The lowest BCUT2D eigenvalue weighted by Crippen LogP contribution is -2.33. The smallest absolute Gasteiger partial charge is 0.235 e. The predicted molar refractivity (Wildman–Crippen MR) is 97.5 cm³/mol. The molecule has 0 heterocycles. The largest absolute Gasteiger partial charge is 0.494 e. The van der Waals surface area contributed by atoms with E-state index >= 15 is 0 Å². The van der Waals surface area contributed by atoms with E-state index in [1.807, 2.05) is 0 Å². The molecule has 2 N–H and O–H groups in total. The van der Waals surface area contributed by atoms with Gasteiger partial charge in [0.2, 0.25) is 10.0 Å². The van der Waals surface area contributed by atoms with Crippen molar-refractivity contribution >= 4 is 27.1 Å². The van der Waals surface area contributed by atoms with Crippen LogP contribution in [0.5, 0.6) is 5.75 Å². The highest BCUT2D eigenvalue weighted by Gasteiger charge is 2.33.